The Hall–Kier alpha value is -2.60. The average Bonchev–Trinajstić information content (AvgIpc) is 2.89. The number of nitrogens with one attached hydrogen (secondary N) is 1. The topological polar surface area (TPSA) is 51.9 Å². The average molecular weight is 457 g/mol. The van der Waals surface area contributed by atoms with Crippen LogP contribution in [-0.4, -0.2) is 27.2 Å². The van der Waals surface area contributed by atoms with Gasteiger partial charge in [0.05, 0.1) is 11.2 Å². The zero-order valence-corrected chi connectivity index (χ0v) is 19.2. The first kappa shape index (κ1) is 23.1. The lowest BCUT2D eigenvalue weighted by Gasteiger charge is -2.09. The third kappa shape index (κ3) is 4.13. The largest absolute Gasteiger partial charge is 0.347 e. The second kappa shape index (κ2) is 9.27. The molecule has 0 saturated heterocycles. The van der Waals surface area contributed by atoms with Crippen LogP contribution in [0.5, 0.6) is 0 Å². The molecule has 1 aliphatic rings. The van der Waals surface area contributed by atoms with Crippen LogP contribution in [0.1, 0.15) is 17.0 Å². The second-order valence-electron chi connectivity index (χ2n) is 7.75. The van der Waals surface area contributed by atoms with E-state index < -0.39 is 0 Å². The Labute approximate surface area is 193 Å². The highest BCUT2D eigenvalue weighted by molar-refractivity contribution is 5.87. The van der Waals surface area contributed by atoms with Crippen molar-refractivity contribution in [1.29, 1.82) is 0 Å². The summed E-state index contributed by atoms with van der Waals surface area (Å²) in [6.07, 6.45) is 5.75. The number of rotatable bonds is 2. The van der Waals surface area contributed by atoms with Crippen molar-refractivity contribution >= 4 is 35.7 Å². The molecule has 0 aliphatic carbocycles. The van der Waals surface area contributed by atoms with Gasteiger partial charge in [0.15, 0.2) is 0 Å². The zero-order valence-electron chi connectivity index (χ0n) is 17.6. The number of hydrogen-bond donors (Lipinski definition) is 1. The van der Waals surface area contributed by atoms with Gasteiger partial charge in [-0.3, -0.25) is 14.3 Å². The lowest BCUT2D eigenvalue weighted by Crippen LogP contribution is -2.17. The summed E-state index contributed by atoms with van der Waals surface area (Å²) in [6, 6.07) is 14.0. The summed E-state index contributed by atoms with van der Waals surface area (Å²) in [5.41, 5.74) is 7.69. The van der Waals surface area contributed by atoms with Crippen molar-refractivity contribution in [3.63, 3.8) is 0 Å². The van der Waals surface area contributed by atoms with E-state index in [1.165, 1.54) is 22.2 Å². The van der Waals surface area contributed by atoms with E-state index in [0.29, 0.717) is 0 Å². The van der Waals surface area contributed by atoms with Gasteiger partial charge in [0, 0.05) is 60.8 Å². The molecule has 0 saturated carbocycles. The zero-order chi connectivity index (χ0) is 20.0. The highest BCUT2D eigenvalue weighted by atomic mass is 35.5. The van der Waals surface area contributed by atoms with Crippen molar-refractivity contribution in [2.75, 3.05) is 13.1 Å². The fraction of sp³-hybridized carbons (Fsp3) is 0.250. The summed E-state index contributed by atoms with van der Waals surface area (Å²) >= 11 is 0. The van der Waals surface area contributed by atoms with Crippen molar-refractivity contribution in [2.24, 2.45) is 7.05 Å². The molecule has 7 heteroatoms. The van der Waals surface area contributed by atoms with Crippen LogP contribution in [0.2, 0.25) is 0 Å². The molecule has 31 heavy (non-hydrogen) atoms. The van der Waals surface area contributed by atoms with Gasteiger partial charge >= 0.3 is 0 Å². The molecular formula is C24H26Cl2N4O. The predicted octanol–water partition coefficient (Wildman–Crippen LogP) is 4.23. The Morgan fingerprint density at radius 2 is 1.77 bits per heavy atom. The maximum atomic E-state index is 12.9. The van der Waals surface area contributed by atoms with Crippen LogP contribution in [0.3, 0.4) is 0 Å². The molecule has 3 aromatic heterocycles. The Morgan fingerprint density at radius 1 is 0.968 bits per heavy atom. The van der Waals surface area contributed by atoms with Crippen LogP contribution in [0.25, 0.3) is 27.7 Å². The Bertz CT molecular complexity index is 1280. The molecule has 0 radical (unpaired) electrons. The van der Waals surface area contributed by atoms with E-state index in [2.05, 4.69) is 40.1 Å². The van der Waals surface area contributed by atoms with Gasteiger partial charge in [-0.25, -0.2) is 0 Å². The van der Waals surface area contributed by atoms with Crippen LogP contribution < -0.4 is 10.9 Å². The lowest BCUT2D eigenvalue weighted by molar-refractivity contribution is 0.699. The van der Waals surface area contributed by atoms with Gasteiger partial charge in [0.2, 0.25) is 0 Å². The molecule has 0 atom stereocenters. The summed E-state index contributed by atoms with van der Waals surface area (Å²) in [5.74, 6) is 0. The van der Waals surface area contributed by atoms with Crippen molar-refractivity contribution in [2.45, 2.75) is 19.8 Å². The summed E-state index contributed by atoms with van der Waals surface area (Å²) < 4.78 is 4.00. The van der Waals surface area contributed by atoms with E-state index >= 15 is 0 Å². The number of aryl methyl sites for hydroxylation is 2. The molecular weight excluding hydrogens is 431 g/mol. The molecule has 162 valence electrons. The number of fused-ring (bicyclic) bond motifs is 3. The SMILES string of the molecule is Cc1ccc(-c2ccn(-c3ccc4c5c(n(C)c4c3)CCNCC5)c(=O)c2)cn1.Cl.Cl. The summed E-state index contributed by atoms with van der Waals surface area (Å²) in [7, 11) is 2.13. The van der Waals surface area contributed by atoms with Crippen LogP contribution in [0.4, 0.5) is 0 Å². The van der Waals surface area contributed by atoms with Crippen LogP contribution in [0.15, 0.2) is 59.7 Å². The Morgan fingerprint density at radius 3 is 2.52 bits per heavy atom. The van der Waals surface area contributed by atoms with Crippen molar-refractivity contribution < 1.29 is 0 Å². The third-order valence-corrected chi connectivity index (χ3v) is 5.95. The van der Waals surface area contributed by atoms with Crippen molar-refractivity contribution in [3.05, 3.63) is 82.2 Å². The van der Waals surface area contributed by atoms with E-state index in [-0.39, 0.29) is 30.4 Å². The van der Waals surface area contributed by atoms with Gasteiger partial charge in [-0.05, 0) is 55.3 Å². The number of aromatic nitrogens is 3. The molecule has 5 rings (SSSR count). The predicted molar refractivity (Wildman–Crippen MR) is 131 cm³/mol. The quantitative estimate of drug-likeness (QED) is 0.490. The highest BCUT2D eigenvalue weighted by Crippen LogP contribution is 2.29. The van der Waals surface area contributed by atoms with Crippen molar-refractivity contribution in [3.8, 4) is 16.8 Å². The van der Waals surface area contributed by atoms with Gasteiger partial charge in [0.1, 0.15) is 0 Å². The van der Waals surface area contributed by atoms with Crippen LogP contribution in [-0.2, 0) is 19.9 Å². The summed E-state index contributed by atoms with van der Waals surface area (Å²) in [4.78, 5) is 17.2. The minimum Gasteiger partial charge on any atom is -0.347 e. The van der Waals surface area contributed by atoms with E-state index in [4.69, 9.17) is 0 Å². The Kier molecular flexibility index (Phi) is 6.90. The first-order valence-corrected chi connectivity index (χ1v) is 10.1. The molecule has 4 heterocycles. The maximum absolute atomic E-state index is 12.9. The third-order valence-electron chi connectivity index (χ3n) is 5.95. The number of benzene rings is 1. The van der Waals surface area contributed by atoms with Crippen molar-refractivity contribution in [1.82, 2.24) is 19.4 Å². The normalized spacial score (nSPS) is 13.1. The first-order valence-electron chi connectivity index (χ1n) is 10.1. The number of halogens is 2. The standard InChI is InChI=1S/C24H24N4O.2ClH/c1-16-3-4-18(15-26-16)17-9-12-28(24(29)13-17)19-5-6-20-21-7-10-25-11-8-22(21)27(2)23(20)14-19;;/h3-6,9,12-15,25H,7-8,10-11H2,1-2H3;2*1H. The molecule has 0 bridgehead atoms. The lowest BCUT2D eigenvalue weighted by atomic mass is 10.1. The van der Waals surface area contributed by atoms with Gasteiger partial charge in [-0.15, -0.1) is 24.8 Å². The van der Waals surface area contributed by atoms with E-state index in [1.807, 2.05) is 37.5 Å². The van der Waals surface area contributed by atoms with Crippen LogP contribution in [0, 0.1) is 6.92 Å². The number of pyridine rings is 2. The molecule has 0 spiro atoms. The van der Waals surface area contributed by atoms with E-state index in [1.54, 1.807) is 10.6 Å². The number of hydrogen-bond acceptors (Lipinski definition) is 3. The van der Waals surface area contributed by atoms with Gasteiger partial charge in [-0.2, -0.15) is 0 Å². The van der Waals surface area contributed by atoms with Crippen LogP contribution >= 0.6 is 24.8 Å². The van der Waals surface area contributed by atoms with Gasteiger partial charge in [0.25, 0.3) is 5.56 Å². The summed E-state index contributed by atoms with van der Waals surface area (Å²) in [5, 5.41) is 4.77. The fourth-order valence-corrected chi connectivity index (χ4v) is 4.36. The molecule has 4 aromatic rings. The van der Waals surface area contributed by atoms with Gasteiger partial charge in [-0.1, -0.05) is 12.1 Å². The molecule has 1 aromatic carbocycles. The molecule has 1 N–H and O–H groups in total. The number of nitrogens with zero attached hydrogens (tertiary/aromatic N) is 3. The minimum atomic E-state index is -0.0394. The molecule has 0 unspecified atom stereocenters. The smallest absolute Gasteiger partial charge is 0.255 e. The molecule has 0 amide bonds. The second-order valence-corrected chi connectivity index (χ2v) is 7.75. The summed E-state index contributed by atoms with van der Waals surface area (Å²) in [6.45, 7) is 3.99. The molecule has 1 aliphatic heterocycles. The Balaban J connectivity index is 0.00000136. The monoisotopic (exact) mass is 456 g/mol. The van der Waals surface area contributed by atoms with Gasteiger partial charge < -0.3 is 9.88 Å². The van der Waals surface area contributed by atoms with E-state index in [0.717, 1.165) is 48.4 Å². The highest BCUT2D eigenvalue weighted by Gasteiger charge is 2.17. The minimum absolute atomic E-state index is 0. The van der Waals surface area contributed by atoms with E-state index in [9.17, 15) is 4.79 Å². The maximum Gasteiger partial charge on any atom is 0.255 e. The molecule has 0 fully saturated rings. The fourth-order valence-electron chi connectivity index (χ4n) is 4.36. The molecule has 5 nitrogen and oxygen atoms in total. The first-order chi connectivity index (χ1) is 14.1.